The minimum atomic E-state index is -0.696. The Balaban J connectivity index is 1.85. The molecule has 25 heavy (non-hydrogen) atoms. The Hall–Kier alpha value is -2.04. The summed E-state index contributed by atoms with van der Waals surface area (Å²) in [5.41, 5.74) is 0.241. The maximum Gasteiger partial charge on any atom is 0.327 e. The smallest absolute Gasteiger partial charge is 0.327 e. The molecule has 1 heterocycles. The number of benzene rings is 1. The molecule has 1 aromatic carbocycles. The summed E-state index contributed by atoms with van der Waals surface area (Å²) < 4.78 is 5.17. The molecule has 0 spiro atoms. The lowest BCUT2D eigenvalue weighted by Crippen LogP contribution is -2.53. The molecule has 3 amide bonds. The van der Waals surface area contributed by atoms with Gasteiger partial charge in [-0.3, -0.25) is 9.69 Å². The van der Waals surface area contributed by atoms with E-state index in [4.69, 9.17) is 4.74 Å². The van der Waals surface area contributed by atoms with E-state index in [1.54, 1.807) is 12.0 Å². The fraction of sp³-hybridized carbons (Fsp3) is 0.600. The second kappa shape index (κ2) is 7.06. The largest absolute Gasteiger partial charge is 0.497 e. The van der Waals surface area contributed by atoms with Crippen molar-refractivity contribution in [2.45, 2.75) is 58.0 Å². The van der Waals surface area contributed by atoms with Crippen LogP contribution in [0.15, 0.2) is 24.3 Å². The van der Waals surface area contributed by atoms with Gasteiger partial charge in [0.25, 0.3) is 5.91 Å². The van der Waals surface area contributed by atoms with Gasteiger partial charge >= 0.3 is 6.03 Å². The number of carbonyl (C=O) groups excluding carboxylic acids is 2. The Morgan fingerprint density at radius 3 is 2.32 bits per heavy atom. The Kier molecular flexibility index (Phi) is 5.02. The first-order valence-electron chi connectivity index (χ1n) is 9.28. The van der Waals surface area contributed by atoms with E-state index >= 15 is 0 Å². The highest BCUT2D eigenvalue weighted by molar-refractivity contribution is 6.07. The molecule has 0 bridgehead atoms. The van der Waals surface area contributed by atoms with Crippen molar-refractivity contribution < 1.29 is 14.3 Å². The summed E-state index contributed by atoms with van der Waals surface area (Å²) in [7, 11) is 1.62. The van der Waals surface area contributed by atoms with E-state index in [2.05, 4.69) is 0 Å². The van der Waals surface area contributed by atoms with Crippen LogP contribution in [-0.4, -0.2) is 40.9 Å². The van der Waals surface area contributed by atoms with Gasteiger partial charge in [0.1, 0.15) is 11.3 Å². The normalized spacial score (nSPS) is 24.9. The van der Waals surface area contributed by atoms with E-state index < -0.39 is 5.54 Å². The van der Waals surface area contributed by atoms with Gasteiger partial charge in [0.2, 0.25) is 0 Å². The summed E-state index contributed by atoms with van der Waals surface area (Å²) in [6.07, 6.45) is 5.59. The van der Waals surface area contributed by atoms with Crippen molar-refractivity contribution in [3.8, 4) is 5.75 Å². The first kappa shape index (κ1) is 17.8. The molecule has 2 aliphatic rings. The average molecular weight is 344 g/mol. The zero-order valence-corrected chi connectivity index (χ0v) is 15.5. The number of carbonyl (C=O) groups is 2. The highest BCUT2D eigenvalue weighted by Crippen LogP contribution is 2.42. The number of imide groups is 1. The van der Waals surface area contributed by atoms with E-state index in [9.17, 15) is 9.59 Å². The standard InChI is InChI=1S/C20H28N2O3/c1-4-22-19(24)21(14-15-10-12-17(25-3)13-11-15)18(23)20(22,2)16-8-6-5-7-9-16/h10-13,16H,4-9,14H2,1-3H3. The molecule has 1 saturated carbocycles. The van der Waals surface area contributed by atoms with E-state index in [-0.39, 0.29) is 17.9 Å². The predicted molar refractivity (Wildman–Crippen MR) is 96.3 cm³/mol. The summed E-state index contributed by atoms with van der Waals surface area (Å²) in [5.74, 6) is 0.991. The molecule has 1 aromatic rings. The molecule has 1 atom stereocenters. The van der Waals surface area contributed by atoms with Gasteiger partial charge in [0, 0.05) is 6.54 Å². The quantitative estimate of drug-likeness (QED) is 0.763. The minimum Gasteiger partial charge on any atom is -0.497 e. The van der Waals surface area contributed by atoms with Crippen LogP contribution in [0.2, 0.25) is 0 Å². The molecule has 0 aromatic heterocycles. The summed E-state index contributed by atoms with van der Waals surface area (Å²) in [5, 5.41) is 0. The Bertz CT molecular complexity index is 637. The summed E-state index contributed by atoms with van der Waals surface area (Å²) in [6, 6.07) is 7.38. The second-order valence-electron chi connectivity index (χ2n) is 7.25. The van der Waals surface area contributed by atoms with Gasteiger partial charge in [-0.1, -0.05) is 31.4 Å². The number of methoxy groups -OCH3 is 1. The van der Waals surface area contributed by atoms with Crippen LogP contribution in [0, 0.1) is 5.92 Å². The molecular formula is C20H28N2O3. The third kappa shape index (κ3) is 3.00. The topological polar surface area (TPSA) is 49.9 Å². The van der Waals surface area contributed by atoms with Gasteiger partial charge in [-0.15, -0.1) is 0 Å². The van der Waals surface area contributed by atoms with Crippen LogP contribution in [-0.2, 0) is 11.3 Å². The lowest BCUT2D eigenvalue weighted by atomic mass is 9.74. The van der Waals surface area contributed by atoms with Gasteiger partial charge in [-0.25, -0.2) is 4.79 Å². The van der Waals surface area contributed by atoms with E-state index in [1.807, 2.05) is 38.1 Å². The molecule has 0 N–H and O–H groups in total. The number of amides is 3. The van der Waals surface area contributed by atoms with E-state index in [1.165, 1.54) is 11.3 Å². The zero-order chi connectivity index (χ0) is 18.0. The van der Waals surface area contributed by atoms with Gasteiger partial charge in [0.05, 0.1) is 13.7 Å². The van der Waals surface area contributed by atoms with E-state index in [0.29, 0.717) is 13.1 Å². The molecular weight excluding hydrogens is 316 g/mol. The Labute approximate surface area is 149 Å². The van der Waals surface area contributed by atoms with Crippen molar-refractivity contribution in [1.82, 2.24) is 9.80 Å². The fourth-order valence-electron chi connectivity index (χ4n) is 4.40. The van der Waals surface area contributed by atoms with Crippen molar-refractivity contribution in [3.63, 3.8) is 0 Å². The SMILES string of the molecule is CCN1C(=O)N(Cc2ccc(OC)cc2)C(=O)C1(C)C1CCCCC1. The highest BCUT2D eigenvalue weighted by atomic mass is 16.5. The van der Waals surface area contributed by atoms with Gasteiger partial charge in [-0.2, -0.15) is 0 Å². The molecule has 1 aliphatic carbocycles. The maximum atomic E-state index is 13.3. The average Bonchev–Trinajstić information content (AvgIpc) is 2.84. The molecule has 1 unspecified atom stereocenters. The minimum absolute atomic E-state index is 0.0398. The summed E-state index contributed by atoms with van der Waals surface area (Å²) in [6.45, 7) is 4.82. The number of urea groups is 1. The molecule has 5 heteroatoms. The predicted octanol–water partition coefficient (Wildman–Crippen LogP) is 3.82. The molecule has 136 valence electrons. The van der Waals surface area contributed by atoms with Crippen LogP contribution in [0.25, 0.3) is 0 Å². The lowest BCUT2D eigenvalue weighted by Gasteiger charge is -2.40. The third-order valence-corrected chi connectivity index (χ3v) is 5.92. The van der Waals surface area contributed by atoms with Gasteiger partial charge in [-0.05, 0) is 50.3 Å². The molecule has 2 fully saturated rings. The number of rotatable bonds is 5. The van der Waals surface area contributed by atoms with E-state index in [0.717, 1.165) is 37.0 Å². The Morgan fingerprint density at radius 2 is 1.76 bits per heavy atom. The number of ether oxygens (including phenoxy) is 1. The monoisotopic (exact) mass is 344 g/mol. The zero-order valence-electron chi connectivity index (χ0n) is 15.5. The summed E-state index contributed by atoms with van der Waals surface area (Å²) >= 11 is 0. The van der Waals surface area contributed by atoms with Crippen LogP contribution in [0.4, 0.5) is 4.79 Å². The van der Waals surface area contributed by atoms with Crippen molar-refractivity contribution in [2.75, 3.05) is 13.7 Å². The fourth-order valence-corrected chi connectivity index (χ4v) is 4.40. The van der Waals surface area contributed by atoms with Crippen LogP contribution in [0.5, 0.6) is 5.75 Å². The number of hydrogen-bond donors (Lipinski definition) is 0. The van der Waals surface area contributed by atoms with Gasteiger partial charge < -0.3 is 9.64 Å². The maximum absolute atomic E-state index is 13.3. The van der Waals surface area contributed by atoms with Crippen molar-refractivity contribution >= 4 is 11.9 Å². The highest BCUT2D eigenvalue weighted by Gasteiger charge is 2.57. The van der Waals surface area contributed by atoms with Crippen LogP contribution < -0.4 is 4.74 Å². The number of hydrogen-bond acceptors (Lipinski definition) is 3. The van der Waals surface area contributed by atoms with Crippen molar-refractivity contribution in [3.05, 3.63) is 29.8 Å². The molecule has 1 saturated heterocycles. The van der Waals surface area contributed by atoms with Crippen LogP contribution >= 0.6 is 0 Å². The number of nitrogens with zero attached hydrogens (tertiary/aromatic N) is 2. The van der Waals surface area contributed by atoms with Gasteiger partial charge in [0.15, 0.2) is 0 Å². The van der Waals surface area contributed by atoms with Crippen molar-refractivity contribution in [2.24, 2.45) is 5.92 Å². The summed E-state index contributed by atoms with van der Waals surface area (Å²) in [4.78, 5) is 29.4. The number of likely N-dealkylation sites (N-methyl/N-ethyl adjacent to an activating group) is 1. The van der Waals surface area contributed by atoms with Crippen LogP contribution in [0.3, 0.4) is 0 Å². The first-order chi connectivity index (χ1) is 12.0. The first-order valence-corrected chi connectivity index (χ1v) is 9.28. The van der Waals surface area contributed by atoms with Crippen LogP contribution in [0.1, 0.15) is 51.5 Å². The van der Waals surface area contributed by atoms with Crippen molar-refractivity contribution in [1.29, 1.82) is 0 Å². The molecule has 0 radical (unpaired) electrons. The lowest BCUT2D eigenvalue weighted by molar-refractivity contribution is -0.136. The molecule has 1 aliphatic heterocycles. The third-order valence-electron chi connectivity index (χ3n) is 5.92. The molecule has 3 rings (SSSR count). The molecule has 5 nitrogen and oxygen atoms in total. The Morgan fingerprint density at radius 1 is 1.12 bits per heavy atom. The second-order valence-corrected chi connectivity index (χ2v) is 7.25.